The van der Waals surface area contributed by atoms with Gasteiger partial charge < -0.3 is 14.2 Å². The molecule has 1 aromatic carbocycles. The topological polar surface area (TPSA) is 88.8 Å². The molecule has 2 aromatic rings. The van der Waals surface area contributed by atoms with Crippen molar-refractivity contribution in [2.45, 2.75) is 11.8 Å². The van der Waals surface area contributed by atoms with Crippen LogP contribution in [0.3, 0.4) is 0 Å². The van der Waals surface area contributed by atoms with Crippen LogP contribution in [0.2, 0.25) is 0 Å². The molecule has 8 heteroatoms. The van der Waals surface area contributed by atoms with Gasteiger partial charge in [-0.25, -0.2) is 4.79 Å². The van der Waals surface area contributed by atoms with Crippen LogP contribution < -0.4 is 0 Å². The summed E-state index contributed by atoms with van der Waals surface area (Å²) in [5, 5.41) is 3.97. The maximum Gasteiger partial charge on any atom is 0.410 e. The van der Waals surface area contributed by atoms with Gasteiger partial charge in [-0.1, -0.05) is 35.5 Å². The van der Waals surface area contributed by atoms with Crippen LogP contribution in [0.25, 0.3) is 0 Å². The number of benzene rings is 1. The first-order chi connectivity index (χ1) is 12.2. The van der Waals surface area contributed by atoms with E-state index in [1.54, 1.807) is 4.90 Å². The first kappa shape index (κ1) is 15.6. The Morgan fingerprint density at radius 3 is 2.68 bits per heavy atom. The molecule has 130 valence electrons. The molecule has 2 aliphatic rings. The molecule has 3 heterocycles. The van der Waals surface area contributed by atoms with E-state index in [4.69, 9.17) is 9.26 Å². The van der Waals surface area contributed by atoms with Gasteiger partial charge in [-0.2, -0.15) is 4.98 Å². The smallest absolute Gasteiger partial charge is 0.410 e. The van der Waals surface area contributed by atoms with Crippen molar-refractivity contribution in [2.24, 2.45) is 0 Å². The Bertz CT molecular complexity index is 749. The molecule has 2 atom stereocenters. The molecule has 0 radical (unpaired) electrons. The highest BCUT2D eigenvalue weighted by Crippen LogP contribution is 2.38. The Morgan fingerprint density at radius 1 is 1.20 bits per heavy atom. The Labute approximate surface area is 144 Å². The fourth-order valence-corrected chi connectivity index (χ4v) is 3.48. The minimum atomic E-state index is -0.429. The molecule has 2 fully saturated rings. The summed E-state index contributed by atoms with van der Waals surface area (Å²) < 4.78 is 9.78. The third-order valence-electron chi connectivity index (χ3n) is 4.78. The second kappa shape index (κ2) is 6.54. The van der Waals surface area contributed by atoms with E-state index in [2.05, 4.69) is 10.1 Å². The summed E-state index contributed by atoms with van der Waals surface area (Å²) in [5.74, 6) is 0.569. The Morgan fingerprint density at radius 2 is 2.00 bits per heavy atom. The zero-order valence-electron chi connectivity index (χ0n) is 13.6. The van der Waals surface area contributed by atoms with Crippen molar-refractivity contribution in [3.63, 3.8) is 0 Å². The monoisotopic (exact) mass is 342 g/mol. The van der Waals surface area contributed by atoms with E-state index in [9.17, 15) is 9.59 Å². The molecule has 1 aromatic heterocycles. The quantitative estimate of drug-likeness (QED) is 0.830. The molecular weight excluding hydrogens is 324 g/mol. The molecule has 0 spiro atoms. The molecule has 0 saturated carbocycles. The lowest BCUT2D eigenvalue weighted by Crippen LogP contribution is -2.39. The highest BCUT2D eigenvalue weighted by atomic mass is 16.6. The summed E-state index contributed by atoms with van der Waals surface area (Å²) in [4.78, 5) is 31.6. The molecule has 4 rings (SSSR count). The number of ether oxygens (including phenoxy) is 1. The van der Waals surface area contributed by atoms with E-state index in [0.29, 0.717) is 32.1 Å². The zero-order valence-corrected chi connectivity index (χ0v) is 13.6. The zero-order chi connectivity index (χ0) is 17.2. The standard InChI is InChI=1S/C17H18N4O4/c22-15(10-20-6-7-24-17(20)23)21-8-13(12-4-2-1-3-5-12)14(9-21)16-18-11-25-19-16/h1-5,11,13-14H,6-10H2/t13-,14-/m0/s1. The Hall–Kier alpha value is -2.90. The van der Waals surface area contributed by atoms with E-state index in [-0.39, 0.29) is 24.3 Å². The van der Waals surface area contributed by atoms with Crippen LogP contribution in [-0.2, 0) is 9.53 Å². The molecule has 8 nitrogen and oxygen atoms in total. The first-order valence-electron chi connectivity index (χ1n) is 8.23. The second-order valence-electron chi connectivity index (χ2n) is 6.25. The summed E-state index contributed by atoms with van der Waals surface area (Å²) >= 11 is 0. The van der Waals surface area contributed by atoms with Gasteiger partial charge in [0.25, 0.3) is 0 Å². The summed E-state index contributed by atoms with van der Waals surface area (Å²) in [6, 6.07) is 10.0. The Balaban J connectivity index is 1.53. The van der Waals surface area contributed by atoms with Gasteiger partial charge in [0, 0.05) is 24.9 Å². The number of hydrogen-bond donors (Lipinski definition) is 0. The van der Waals surface area contributed by atoms with Gasteiger partial charge in [0.2, 0.25) is 12.3 Å². The maximum atomic E-state index is 12.7. The lowest BCUT2D eigenvalue weighted by atomic mass is 9.88. The van der Waals surface area contributed by atoms with Crippen LogP contribution in [-0.4, -0.2) is 64.7 Å². The second-order valence-corrected chi connectivity index (χ2v) is 6.25. The number of carbonyl (C=O) groups is 2. The van der Waals surface area contributed by atoms with Crippen molar-refractivity contribution in [1.29, 1.82) is 0 Å². The summed E-state index contributed by atoms with van der Waals surface area (Å²) in [6.07, 6.45) is 0.879. The van der Waals surface area contributed by atoms with Gasteiger partial charge in [0.1, 0.15) is 13.2 Å². The van der Waals surface area contributed by atoms with Gasteiger partial charge in [0.05, 0.1) is 6.54 Å². The molecule has 0 aliphatic carbocycles. The largest absolute Gasteiger partial charge is 0.448 e. The van der Waals surface area contributed by atoms with E-state index in [0.717, 1.165) is 5.56 Å². The van der Waals surface area contributed by atoms with Crippen LogP contribution in [0.4, 0.5) is 4.79 Å². The fraction of sp³-hybridized carbons (Fsp3) is 0.412. The van der Waals surface area contributed by atoms with Crippen molar-refractivity contribution < 1.29 is 18.8 Å². The third kappa shape index (κ3) is 3.07. The van der Waals surface area contributed by atoms with Crippen LogP contribution in [0.5, 0.6) is 0 Å². The first-order valence-corrected chi connectivity index (χ1v) is 8.23. The molecule has 2 saturated heterocycles. The molecule has 2 amide bonds. The fourth-order valence-electron chi connectivity index (χ4n) is 3.48. The van der Waals surface area contributed by atoms with E-state index >= 15 is 0 Å². The van der Waals surface area contributed by atoms with Crippen LogP contribution >= 0.6 is 0 Å². The summed E-state index contributed by atoms with van der Waals surface area (Å²) in [5.41, 5.74) is 1.13. The number of aromatic nitrogens is 2. The van der Waals surface area contributed by atoms with Crippen LogP contribution in [0, 0.1) is 0 Å². The highest BCUT2D eigenvalue weighted by Gasteiger charge is 2.40. The van der Waals surface area contributed by atoms with Crippen molar-refractivity contribution in [2.75, 3.05) is 32.8 Å². The molecule has 0 bridgehead atoms. The molecule has 0 N–H and O–H groups in total. The summed E-state index contributed by atoms with van der Waals surface area (Å²) in [6.45, 7) is 1.89. The predicted molar refractivity (Wildman–Crippen MR) is 85.7 cm³/mol. The Kier molecular flexibility index (Phi) is 4.09. The van der Waals surface area contributed by atoms with Gasteiger partial charge in [-0.05, 0) is 5.56 Å². The minimum absolute atomic E-state index is 0.0318. The average molecular weight is 342 g/mol. The van der Waals surface area contributed by atoms with Gasteiger partial charge in [0.15, 0.2) is 5.82 Å². The van der Waals surface area contributed by atoms with Gasteiger partial charge in [-0.15, -0.1) is 0 Å². The number of cyclic esters (lactones) is 1. The molecular formula is C17H18N4O4. The van der Waals surface area contributed by atoms with E-state index < -0.39 is 6.09 Å². The normalized spacial score (nSPS) is 23.1. The third-order valence-corrected chi connectivity index (χ3v) is 4.78. The van der Waals surface area contributed by atoms with Gasteiger partial charge in [-0.3, -0.25) is 9.69 Å². The summed E-state index contributed by atoms with van der Waals surface area (Å²) in [7, 11) is 0. The van der Waals surface area contributed by atoms with E-state index in [1.807, 2.05) is 30.3 Å². The van der Waals surface area contributed by atoms with Crippen molar-refractivity contribution >= 4 is 12.0 Å². The average Bonchev–Trinajstić information content (AvgIpc) is 3.36. The lowest BCUT2D eigenvalue weighted by molar-refractivity contribution is -0.130. The van der Waals surface area contributed by atoms with Crippen LogP contribution in [0.15, 0.2) is 41.2 Å². The molecule has 25 heavy (non-hydrogen) atoms. The number of hydrogen-bond acceptors (Lipinski definition) is 6. The molecule has 2 aliphatic heterocycles. The number of nitrogens with zero attached hydrogens (tertiary/aromatic N) is 4. The van der Waals surface area contributed by atoms with Crippen molar-refractivity contribution in [3.8, 4) is 0 Å². The minimum Gasteiger partial charge on any atom is -0.448 e. The number of amides is 2. The lowest BCUT2D eigenvalue weighted by Gasteiger charge is -2.19. The van der Waals surface area contributed by atoms with Crippen LogP contribution in [0.1, 0.15) is 23.2 Å². The highest BCUT2D eigenvalue weighted by molar-refractivity contribution is 5.83. The van der Waals surface area contributed by atoms with Gasteiger partial charge >= 0.3 is 6.09 Å². The van der Waals surface area contributed by atoms with Crippen molar-refractivity contribution in [1.82, 2.24) is 19.9 Å². The number of carbonyl (C=O) groups excluding carboxylic acids is 2. The SMILES string of the molecule is O=C(CN1CCOC1=O)N1C[C@H](c2ncon2)[C@H](c2ccccc2)C1. The molecule has 0 unspecified atom stereocenters. The maximum absolute atomic E-state index is 12.7. The van der Waals surface area contributed by atoms with Crippen molar-refractivity contribution in [3.05, 3.63) is 48.1 Å². The predicted octanol–water partition coefficient (Wildman–Crippen LogP) is 1.23. The number of rotatable bonds is 4. The number of likely N-dealkylation sites (tertiary alicyclic amines) is 1. The van der Waals surface area contributed by atoms with E-state index in [1.165, 1.54) is 11.3 Å².